The van der Waals surface area contributed by atoms with Gasteiger partial charge in [0.15, 0.2) is 0 Å². The molecule has 1 fully saturated rings. The van der Waals surface area contributed by atoms with Crippen LogP contribution < -0.4 is 5.32 Å². The standard InChI is InChI=1S/C16H29N3O/c1-11-14(12(2)19(6)18-11)10-17-9-13-7-8-20-15(13)16(3,4)5/h13,15,17H,7-10H2,1-6H3/t13-,15+/m1/s1. The first-order valence-corrected chi connectivity index (χ1v) is 7.62. The fourth-order valence-electron chi connectivity index (χ4n) is 3.26. The van der Waals surface area contributed by atoms with E-state index in [-0.39, 0.29) is 5.41 Å². The molecule has 1 aromatic heterocycles. The summed E-state index contributed by atoms with van der Waals surface area (Å²) in [5, 5.41) is 8.07. The Morgan fingerprint density at radius 3 is 2.60 bits per heavy atom. The smallest absolute Gasteiger partial charge is 0.0664 e. The van der Waals surface area contributed by atoms with Gasteiger partial charge in [0, 0.05) is 43.9 Å². The lowest BCUT2D eigenvalue weighted by molar-refractivity contribution is 0.00720. The largest absolute Gasteiger partial charge is 0.377 e. The van der Waals surface area contributed by atoms with E-state index < -0.39 is 0 Å². The molecule has 1 N–H and O–H groups in total. The molecule has 0 spiro atoms. The van der Waals surface area contributed by atoms with Crippen LogP contribution >= 0.6 is 0 Å². The van der Waals surface area contributed by atoms with Gasteiger partial charge in [-0.2, -0.15) is 5.10 Å². The molecule has 2 atom stereocenters. The minimum absolute atomic E-state index is 0.225. The van der Waals surface area contributed by atoms with Crippen molar-refractivity contribution in [2.45, 2.75) is 53.7 Å². The maximum atomic E-state index is 5.93. The van der Waals surface area contributed by atoms with Crippen molar-refractivity contribution in [3.8, 4) is 0 Å². The maximum Gasteiger partial charge on any atom is 0.0664 e. The van der Waals surface area contributed by atoms with Crippen LogP contribution in [-0.4, -0.2) is 29.0 Å². The van der Waals surface area contributed by atoms with E-state index in [2.05, 4.69) is 45.0 Å². The van der Waals surface area contributed by atoms with E-state index in [0.29, 0.717) is 12.0 Å². The Kier molecular flexibility index (Phi) is 4.55. The Hall–Kier alpha value is -0.870. The molecule has 2 rings (SSSR count). The van der Waals surface area contributed by atoms with Crippen LogP contribution in [0.3, 0.4) is 0 Å². The molecule has 0 bridgehead atoms. The Balaban J connectivity index is 1.90. The van der Waals surface area contributed by atoms with Gasteiger partial charge in [0.1, 0.15) is 0 Å². The van der Waals surface area contributed by atoms with Gasteiger partial charge >= 0.3 is 0 Å². The Morgan fingerprint density at radius 1 is 1.35 bits per heavy atom. The summed E-state index contributed by atoms with van der Waals surface area (Å²) >= 11 is 0. The zero-order valence-corrected chi connectivity index (χ0v) is 13.8. The summed E-state index contributed by atoms with van der Waals surface area (Å²) in [5.74, 6) is 0.618. The molecule has 0 unspecified atom stereocenters. The van der Waals surface area contributed by atoms with Crippen LogP contribution in [-0.2, 0) is 18.3 Å². The van der Waals surface area contributed by atoms with Crippen LogP contribution in [0, 0.1) is 25.2 Å². The van der Waals surface area contributed by atoms with Gasteiger partial charge in [0.2, 0.25) is 0 Å². The van der Waals surface area contributed by atoms with Gasteiger partial charge in [-0.3, -0.25) is 4.68 Å². The van der Waals surface area contributed by atoms with Crippen molar-refractivity contribution in [3.63, 3.8) is 0 Å². The lowest BCUT2D eigenvalue weighted by Gasteiger charge is -2.31. The monoisotopic (exact) mass is 279 g/mol. The Bertz CT molecular complexity index is 459. The van der Waals surface area contributed by atoms with Crippen molar-refractivity contribution in [2.75, 3.05) is 13.2 Å². The predicted octanol–water partition coefficient (Wildman–Crippen LogP) is 2.58. The van der Waals surface area contributed by atoms with E-state index in [1.807, 2.05) is 11.7 Å². The van der Waals surface area contributed by atoms with Crippen molar-refractivity contribution in [2.24, 2.45) is 18.4 Å². The van der Waals surface area contributed by atoms with Gasteiger partial charge in [-0.15, -0.1) is 0 Å². The lowest BCUT2D eigenvalue weighted by Crippen LogP contribution is -2.36. The van der Waals surface area contributed by atoms with Crippen LogP contribution in [0.5, 0.6) is 0 Å². The van der Waals surface area contributed by atoms with Crippen LogP contribution in [0.25, 0.3) is 0 Å². The second-order valence-corrected chi connectivity index (χ2v) is 7.11. The van der Waals surface area contributed by atoms with Crippen LogP contribution in [0.1, 0.15) is 44.1 Å². The van der Waals surface area contributed by atoms with Gasteiger partial charge in [0.05, 0.1) is 11.8 Å². The summed E-state index contributed by atoms with van der Waals surface area (Å²) in [4.78, 5) is 0. The molecule has 20 heavy (non-hydrogen) atoms. The number of hydrogen-bond acceptors (Lipinski definition) is 3. The number of rotatable bonds is 4. The van der Waals surface area contributed by atoms with E-state index in [1.165, 1.54) is 17.7 Å². The van der Waals surface area contributed by atoms with E-state index >= 15 is 0 Å². The van der Waals surface area contributed by atoms with Crippen molar-refractivity contribution in [1.82, 2.24) is 15.1 Å². The van der Waals surface area contributed by atoms with Crippen molar-refractivity contribution in [3.05, 3.63) is 17.0 Å². The van der Waals surface area contributed by atoms with Crippen LogP contribution in [0.4, 0.5) is 0 Å². The molecule has 0 aromatic carbocycles. The number of hydrogen-bond donors (Lipinski definition) is 1. The topological polar surface area (TPSA) is 39.1 Å². The molecule has 1 aromatic rings. The molecular formula is C16H29N3O. The van der Waals surface area contributed by atoms with E-state index in [4.69, 9.17) is 4.74 Å². The highest BCUT2D eigenvalue weighted by atomic mass is 16.5. The molecule has 0 aliphatic carbocycles. The molecule has 0 radical (unpaired) electrons. The van der Waals surface area contributed by atoms with Gasteiger partial charge in [-0.1, -0.05) is 20.8 Å². The van der Waals surface area contributed by atoms with E-state index in [0.717, 1.165) is 25.4 Å². The third kappa shape index (κ3) is 3.23. The Labute approximate surface area is 122 Å². The first-order chi connectivity index (χ1) is 9.30. The van der Waals surface area contributed by atoms with Crippen molar-refractivity contribution >= 4 is 0 Å². The highest BCUT2D eigenvalue weighted by molar-refractivity contribution is 5.23. The summed E-state index contributed by atoms with van der Waals surface area (Å²) < 4.78 is 7.89. The van der Waals surface area contributed by atoms with Crippen LogP contribution in [0.2, 0.25) is 0 Å². The summed E-state index contributed by atoms with van der Waals surface area (Å²) in [6.45, 7) is 13.9. The average molecular weight is 279 g/mol. The molecule has 1 saturated heterocycles. The number of nitrogens with one attached hydrogen (secondary N) is 1. The molecule has 1 aliphatic rings. The fraction of sp³-hybridized carbons (Fsp3) is 0.812. The molecule has 4 nitrogen and oxygen atoms in total. The lowest BCUT2D eigenvalue weighted by atomic mass is 9.81. The van der Waals surface area contributed by atoms with Crippen molar-refractivity contribution < 1.29 is 4.74 Å². The zero-order valence-electron chi connectivity index (χ0n) is 13.8. The highest BCUT2D eigenvalue weighted by Crippen LogP contribution is 2.34. The number of nitrogens with zero attached hydrogens (tertiary/aromatic N) is 2. The SMILES string of the molecule is Cc1nn(C)c(C)c1CNC[C@H]1CCO[C@@H]1C(C)(C)C. The second-order valence-electron chi connectivity index (χ2n) is 7.11. The molecule has 4 heteroatoms. The van der Waals surface area contributed by atoms with Gasteiger partial charge < -0.3 is 10.1 Å². The average Bonchev–Trinajstić information content (AvgIpc) is 2.89. The number of ether oxygens (including phenoxy) is 1. The minimum Gasteiger partial charge on any atom is -0.377 e. The summed E-state index contributed by atoms with van der Waals surface area (Å²) in [6, 6.07) is 0. The first-order valence-electron chi connectivity index (χ1n) is 7.62. The number of aromatic nitrogens is 2. The molecule has 0 amide bonds. The van der Waals surface area contributed by atoms with E-state index in [9.17, 15) is 0 Å². The van der Waals surface area contributed by atoms with Crippen LogP contribution in [0.15, 0.2) is 0 Å². The first kappa shape index (κ1) is 15.5. The molecule has 2 heterocycles. The third-order valence-corrected chi connectivity index (χ3v) is 4.43. The molecular weight excluding hydrogens is 250 g/mol. The fourth-order valence-corrected chi connectivity index (χ4v) is 3.26. The minimum atomic E-state index is 0.225. The maximum absolute atomic E-state index is 5.93. The normalized spacial score (nSPS) is 23.5. The summed E-state index contributed by atoms with van der Waals surface area (Å²) in [6.07, 6.45) is 1.53. The van der Waals surface area contributed by atoms with Crippen molar-refractivity contribution in [1.29, 1.82) is 0 Å². The summed E-state index contributed by atoms with van der Waals surface area (Å²) in [7, 11) is 2.01. The second kappa shape index (κ2) is 5.86. The Morgan fingerprint density at radius 2 is 2.05 bits per heavy atom. The highest BCUT2D eigenvalue weighted by Gasteiger charge is 2.36. The zero-order chi connectivity index (χ0) is 14.9. The quantitative estimate of drug-likeness (QED) is 0.920. The number of aryl methyl sites for hydroxylation is 2. The van der Waals surface area contributed by atoms with Gasteiger partial charge in [-0.05, 0) is 25.7 Å². The molecule has 1 aliphatic heterocycles. The third-order valence-electron chi connectivity index (χ3n) is 4.43. The summed E-state index contributed by atoms with van der Waals surface area (Å²) in [5.41, 5.74) is 3.94. The van der Waals surface area contributed by atoms with Gasteiger partial charge in [-0.25, -0.2) is 0 Å². The van der Waals surface area contributed by atoms with Gasteiger partial charge in [0.25, 0.3) is 0 Å². The predicted molar refractivity (Wildman–Crippen MR) is 81.7 cm³/mol. The molecule has 0 saturated carbocycles. The molecule has 114 valence electrons. The van der Waals surface area contributed by atoms with E-state index in [1.54, 1.807) is 0 Å².